The van der Waals surface area contributed by atoms with Crippen molar-refractivity contribution in [1.82, 2.24) is 5.32 Å². The van der Waals surface area contributed by atoms with Crippen molar-refractivity contribution in [3.8, 4) is 0 Å². The zero-order valence-corrected chi connectivity index (χ0v) is 23.6. The Morgan fingerprint density at radius 2 is 1.00 bits per heavy atom. The third kappa shape index (κ3) is 33.6. The van der Waals surface area contributed by atoms with Crippen molar-refractivity contribution >= 4 is 5.97 Å². The van der Waals surface area contributed by atoms with E-state index in [1.165, 1.54) is 116 Å². The lowest BCUT2D eigenvalue weighted by Crippen LogP contribution is -2.16. The van der Waals surface area contributed by atoms with Gasteiger partial charge in [0.1, 0.15) is 0 Å². The van der Waals surface area contributed by atoms with E-state index in [0.717, 1.165) is 32.2 Å². The molecule has 0 unspecified atom stereocenters. The van der Waals surface area contributed by atoms with E-state index in [2.05, 4.69) is 12.2 Å². The van der Waals surface area contributed by atoms with Gasteiger partial charge in [-0.05, 0) is 45.2 Å². The summed E-state index contributed by atoms with van der Waals surface area (Å²) in [6.45, 7) is 9.51. The van der Waals surface area contributed by atoms with Crippen molar-refractivity contribution in [2.75, 3.05) is 26.3 Å². The zero-order valence-electron chi connectivity index (χ0n) is 23.6. The third-order valence-corrected chi connectivity index (χ3v) is 6.26. The first-order chi connectivity index (χ1) is 16.8. The Hall–Kier alpha value is -0.610. The second-order valence-corrected chi connectivity index (χ2v) is 9.52. The van der Waals surface area contributed by atoms with Crippen LogP contribution in [-0.4, -0.2) is 37.4 Å². The Bertz CT molecular complexity index is 363. The van der Waals surface area contributed by atoms with E-state index in [9.17, 15) is 4.79 Å². The first-order valence-electron chi connectivity index (χ1n) is 15.3. The normalized spacial score (nSPS) is 10.7. The van der Waals surface area contributed by atoms with Crippen LogP contribution in [-0.2, 0) is 9.53 Å². The first kappa shape index (κ1) is 35.6. The van der Waals surface area contributed by atoms with E-state index < -0.39 is 0 Å². The van der Waals surface area contributed by atoms with E-state index in [0.29, 0.717) is 19.6 Å². The van der Waals surface area contributed by atoms with Gasteiger partial charge in [0.2, 0.25) is 0 Å². The number of ether oxygens (including phenoxy) is 1. The Balaban J connectivity index is 0. The molecule has 0 aromatic rings. The van der Waals surface area contributed by atoms with Gasteiger partial charge in [0.25, 0.3) is 0 Å². The molecule has 4 nitrogen and oxygen atoms in total. The van der Waals surface area contributed by atoms with Gasteiger partial charge in [0.15, 0.2) is 0 Å². The number of unbranched alkanes of at least 4 members (excludes halogenated alkanes) is 18. The molecule has 0 fully saturated rings. The van der Waals surface area contributed by atoms with Crippen molar-refractivity contribution < 1.29 is 14.6 Å². The summed E-state index contributed by atoms with van der Waals surface area (Å²) in [5, 5.41) is 12.3. The molecule has 0 amide bonds. The number of carbonyl (C=O) groups is 1. The van der Waals surface area contributed by atoms with Gasteiger partial charge in [-0.25, -0.2) is 0 Å². The maximum absolute atomic E-state index is 11.7. The van der Waals surface area contributed by atoms with E-state index in [1.807, 2.05) is 13.8 Å². The van der Waals surface area contributed by atoms with Gasteiger partial charge in [0.05, 0.1) is 6.61 Å². The number of aliphatic hydroxyl groups excluding tert-OH is 1. The van der Waals surface area contributed by atoms with Gasteiger partial charge in [0, 0.05) is 13.0 Å². The largest absolute Gasteiger partial charge is 0.466 e. The van der Waals surface area contributed by atoms with E-state index in [-0.39, 0.29) is 5.97 Å². The molecule has 0 aliphatic heterocycles. The molecule has 2 N–H and O–H groups in total. The van der Waals surface area contributed by atoms with Gasteiger partial charge >= 0.3 is 5.97 Å². The quantitative estimate of drug-likeness (QED) is 0.0901. The molecule has 0 saturated heterocycles. The monoisotopic (exact) mass is 485 g/mol. The lowest BCUT2D eigenvalue weighted by atomic mass is 10.1. The summed E-state index contributed by atoms with van der Waals surface area (Å²) in [5.74, 6) is 0.000749. The average Bonchev–Trinajstić information content (AvgIpc) is 2.86. The van der Waals surface area contributed by atoms with Crippen molar-refractivity contribution in [2.24, 2.45) is 0 Å². The summed E-state index contributed by atoms with van der Waals surface area (Å²) >= 11 is 0. The number of hydrogen-bond donors (Lipinski definition) is 2. The molecule has 0 aliphatic carbocycles. The molecular weight excluding hydrogens is 422 g/mol. The zero-order chi connectivity index (χ0) is 25.4. The molecule has 0 saturated carbocycles. The lowest BCUT2D eigenvalue weighted by molar-refractivity contribution is -0.143. The molecule has 34 heavy (non-hydrogen) atoms. The molecule has 4 heteroatoms. The predicted molar refractivity (Wildman–Crippen MR) is 150 cm³/mol. The van der Waals surface area contributed by atoms with Gasteiger partial charge in [-0.1, -0.05) is 124 Å². The fraction of sp³-hybridized carbons (Fsp3) is 0.967. The fourth-order valence-corrected chi connectivity index (χ4v) is 4.09. The summed E-state index contributed by atoms with van der Waals surface area (Å²) in [5.41, 5.74) is 0. The van der Waals surface area contributed by atoms with Crippen LogP contribution in [0.3, 0.4) is 0 Å². The minimum absolute atomic E-state index is 0.000749. The van der Waals surface area contributed by atoms with Gasteiger partial charge in [-0.2, -0.15) is 0 Å². The molecule has 0 aromatic heterocycles. The second kappa shape index (κ2) is 34.6. The van der Waals surface area contributed by atoms with Crippen LogP contribution < -0.4 is 5.32 Å². The number of hydrogen-bond acceptors (Lipinski definition) is 4. The maximum atomic E-state index is 11.7. The Morgan fingerprint density at radius 1 is 0.588 bits per heavy atom. The van der Waals surface area contributed by atoms with Crippen molar-refractivity contribution in [1.29, 1.82) is 0 Å². The smallest absolute Gasteiger partial charge is 0.305 e. The molecule has 0 radical (unpaired) electrons. The Labute approximate surface area is 214 Å². The predicted octanol–water partition coefficient (Wildman–Crippen LogP) is 8.74. The summed E-state index contributed by atoms with van der Waals surface area (Å²) in [4.78, 5) is 11.7. The minimum atomic E-state index is 0.000749. The fourth-order valence-electron chi connectivity index (χ4n) is 4.09. The highest BCUT2D eigenvalue weighted by atomic mass is 16.5. The molecule has 206 valence electrons. The molecular formula is C30H63NO3. The highest BCUT2D eigenvalue weighted by Gasteiger charge is 2.02. The van der Waals surface area contributed by atoms with Gasteiger partial charge < -0.3 is 15.2 Å². The molecule has 0 spiro atoms. The number of rotatable bonds is 27. The van der Waals surface area contributed by atoms with Crippen LogP contribution in [0.15, 0.2) is 0 Å². The number of nitrogens with one attached hydrogen (secondary N) is 1. The summed E-state index contributed by atoms with van der Waals surface area (Å²) in [7, 11) is 0. The third-order valence-electron chi connectivity index (χ3n) is 6.26. The number of aliphatic hydroxyl groups is 1. The highest BCUT2D eigenvalue weighted by Crippen LogP contribution is 2.10. The second-order valence-electron chi connectivity index (χ2n) is 9.52. The van der Waals surface area contributed by atoms with E-state index in [4.69, 9.17) is 9.84 Å². The molecule has 0 bridgehead atoms. The molecule has 0 aromatic carbocycles. The standard InChI is InChI=1S/C28H57NO3.C2H6/c1-2-3-4-5-13-18-23-28(31)32-27-22-17-12-10-15-20-25-29-24-19-14-9-7-6-8-11-16-21-26-30;1-2/h29-30H,2-27H2,1H3;1-2H3. The molecule has 0 aliphatic rings. The van der Waals surface area contributed by atoms with Gasteiger partial charge in [-0.15, -0.1) is 0 Å². The Morgan fingerprint density at radius 3 is 1.50 bits per heavy atom. The van der Waals surface area contributed by atoms with Crippen LogP contribution >= 0.6 is 0 Å². The molecule has 0 heterocycles. The summed E-state index contributed by atoms with van der Waals surface area (Å²) in [6, 6.07) is 0. The van der Waals surface area contributed by atoms with Crippen LogP contribution in [0, 0.1) is 0 Å². The molecule has 0 rings (SSSR count). The molecule has 0 atom stereocenters. The van der Waals surface area contributed by atoms with Gasteiger partial charge in [-0.3, -0.25) is 4.79 Å². The van der Waals surface area contributed by atoms with Crippen LogP contribution in [0.1, 0.15) is 162 Å². The summed E-state index contributed by atoms with van der Waals surface area (Å²) in [6.07, 6.45) is 26.8. The first-order valence-corrected chi connectivity index (χ1v) is 15.3. The van der Waals surface area contributed by atoms with Crippen molar-refractivity contribution in [3.05, 3.63) is 0 Å². The van der Waals surface area contributed by atoms with Crippen LogP contribution in [0.4, 0.5) is 0 Å². The van der Waals surface area contributed by atoms with Crippen LogP contribution in [0.25, 0.3) is 0 Å². The summed E-state index contributed by atoms with van der Waals surface area (Å²) < 4.78 is 5.35. The Kier molecular flexibility index (Phi) is 36.1. The number of esters is 1. The van der Waals surface area contributed by atoms with E-state index in [1.54, 1.807) is 0 Å². The van der Waals surface area contributed by atoms with Crippen molar-refractivity contribution in [2.45, 2.75) is 162 Å². The van der Waals surface area contributed by atoms with Crippen molar-refractivity contribution in [3.63, 3.8) is 0 Å². The maximum Gasteiger partial charge on any atom is 0.305 e. The van der Waals surface area contributed by atoms with Crippen LogP contribution in [0.2, 0.25) is 0 Å². The van der Waals surface area contributed by atoms with Crippen LogP contribution in [0.5, 0.6) is 0 Å². The number of carbonyl (C=O) groups excluding carboxylic acids is 1. The minimum Gasteiger partial charge on any atom is -0.466 e. The average molecular weight is 486 g/mol. The highest BCUT2D eigenvalue weighted by molar-refractivity contribution is 5.69. The van der Waals surface area contributed by atoms with E-state index >= 15 is 0 Å². The lowest BCUT2D eigenvalue weighted by Gasteiger charge is -2.06. The topological polar surface area (TPSA) is 58.6 Å². The SMILES string of the molecule is CC.CCCCCCCCC(=O)OCCCCCCCCNCCCCCCCCCCCO.